The summed E-state index contributed by atoms with van der Waals surface area (Å²) >= 11 is 5.06. The lowest BCUT2D eigenvalue weighted by molar-refractivity contribution is -0.122. The molecule has 0 radical (unpaired) electrons. The van der Waals surface area contributed by atoms with Crippen LogP contribution in [0.3, 0.4) is 0 Å². The zero-order valence-corrected chi connectivity index (χ0v) is 11.9. The van der Waals surface area contributed by atoms with E-state index in [1.165, 1.54) is 6.07 Å². The molecule has 0 saturated heterocycles. The molecule has 2 N–H and O–H groups in total. The van der Waals surface area contributed by atoms with Crippen molar-refractivity contribution in [3.63, 3.8) is 0 Å². The summed E-state index contributed by atoms with van der Waals surface area (Å²) in [6, 6.07) is 8.20. The topological polar surface area (TPSA) is 71.3 Å². The Morgan fingerprint density at radius 1 is 1.25 bits per heavy atom. The second-order valence-electron chi connectivity index (χ2n) is 4.61. The zero-order valence-electron chi connectivity index (χ0n) is 11.1. The van der Waals surface area contributed by atoms with Gasteiger partial charge in [0.15, 0.2) is 5.11 Å². The molecule has 1 heterocycles. The van der Waals surface area contributed by atoms with Gasteiger partial charge >= 0.3 is 5.63 Å². The smallest absolute Gasteiger partial charge is 0.336 e. The van der Waals surface area contributed by atoms with Gasteiger partial charge in [0.25, 0.3) is 0 Å². The number of anilines is 1. The van der Waals surface area contributed by atoms with Crippen LogP contribution >= 0.6 is 12.2 Å². The van der Waals surface area contributed by atoms with Crippen LogP contribution in [0.5, 0.6) is 0 Å². The molecule has 0 bridgehead atoms. The quantitative estimate of drug-likeness (QED) is 0.656. The molecule has 5 nitrogen and oxygen atoms in total. The van der Waals surface area contributed by atoms with E-state index >= 15 is 0 Å². The van der Waals surface area contributed by atoms with E-state index in [-0.39, 0.29) is 16.9 Å². The van der Waals surface area contributed by atoms with Gasteiger partial charge in [-0.2, -0.15) is 0 Å². The molecule has 0 fully saturated rings. The molecule has 2 aromatic rings. The molecule has 1 amide bonds. The zero-order chi connectivity index (χ0) is 14.7. The Morgan fingerprint density at radius 3 is 2.70 bits per heavy atom. The maximum atomic E-state index is 11.5. The summed E-state index contributed by atoms with van der Waals surface area (Å²) in [5.74, 6) is -0.282. The summed E-state index contributed by atoms with van der Waals surface area (Å²) in [4.78, 5) is 22.6. The van der Waals surface area contributed by atoms with Crippen LogP contribution in [0.25, 0.3) is 11.0 Å². The van der Waals surface area contributed by atoms with Gasteiger partial charge in [-0.1, -0.05) is 13.8 Å². The highest BCUT2D eigenvalue weighted by molar-refractivity contribution is 7.80. The van der Waals surface area contributed by atoms with E-state index < -0.39 is 5.63 Å². The minimum absolute atomic E-state index is 0.138. The first-order valence-corrected chi connectivity index (χ1v) is 6.52. The van der Waals surface area contributed by atoms with Crippen LogP contribution in [-0.2, 0) is 4.79 Å². The maximum absolute atomic E-state index is 11.5. The standard InChI is InChI=1S/C14H14N2O3S/c1-8(2)13(18)16-14(20)15-10-4-5-11-9(7-10)3-6-12(17)19-11/h3-8H,1-2H3,(H2,15,16,18,20). The number of nitrogens with one attached hydrogen (secondary N) is 2. The van der Waals surface area contributed by atoms with Crippen molar-refractivity contribution in [2.45, 2.75) is 13.8 Å². The summed E-state index contributed by atoms with van der Waals surface area (Å²) in [5, 5.41) is 6.51. The first-order valence-electron chi connectivity index (χ1n) is 6.11. The summed E-state index contributed by atoms with van der Waals surface area (Å²) < 4.78 is 5.03. The third-order valence-corrected chi connectivity index (χ3v) is 2.84. The Kier molecular flexibility index (Phi) is 4.14. The fraction of sp³-hybridized carbons (Fsp3) is 0.214. The fourth-order valence-electron chi connectivity index (χ4n) is 1.57. The van der Waals surface area contributed by atoms with Gasteiger partial charge in [-0.3, -0.25) is 4.79 Å². The van der Waals surface area contributed by atoms with Crippen molar-refractivity contribution in [3.05, 3.63) is 40.8 Å². The molecule has 0 spiro atoms. The Balaban J connectivity index is 2.14. The third kappa shape index (κ3) is 3.42. The fourth-order valence-corrected chi connectivity index (χ4v) is 1.79. The Hall–Kier alpha value is -2.21. The van der Waals surface area contributed by atoms with Gasteiger partial charge in [-0.25, -0.2) is 4.79 Å². The van der Waals surface area contributed by atoms with Crippen molar-refractivity contribution in [1.82, 2.24) is 5.32 Å². The normalized spacial score (nSPS) is 10.6. The van der Waals surface area contributed by atoms with Gasteiger partial charge in [-0.15, -0.1) is 0 Å². The van der Waals surface area contributed by atoms with Crippen molar-refractivity contribution < 1.29 is 9.21 Å². The lowest BCUT2D eigenvalue weighted by Crippen LogP contribution is -2.36. The number of rotatable bonds is 2. The maximum Gasteiger partial charge on any atom is 0.336 e. The number of amides is 1. The van der Waals surface area contributed by atoms with Crippen LogP contribution < -0.4 is 16.3 Å². The number of hydrogen-bond donors (Lipinski definition) is 2. The lowest BCUT2D eigenvalue weighted by Gasteiger charge is -2.11. The average Bonchev–Trinajstić information content (AvgIpc) is 2.38. The van der Waals surface area contributed by atoms with Crippen molar-refractivity contribution in [3.8, 4) is 0 Å². The van der Waals surface area contributed by atoms with E-state index in [9.17, 15) is 9.59 Å². The lowest BCUT2D eigenvalue weighted by atomic mass is 10.2. The van der Waals surface area contributed by atoms with E-state index in [1.807, 2.05) is 0 Å². The number of carbonyl (C=O) groups excluding carboxylic acids is 1. The highest BCUT2D eigenvalue weighted by atomic mass is 32.1. The molecule has 0 atom stereocenters. The molecule has 104 valence electrons. The van der Waals surface area contributed by atoms with Crippen LogP contribution in [0, 0.1) is 5.92 Å². The highest BCUT2D eigenvalue weighted by Crippen LogP contribution is 2.17. The minimum atomic E-state index is -0.391. The van der Waals surface area contributed by atoms with Gasteiger partial charge in [0.05, 0.1) is 0 Å². The van der Waals surface area contributed by atoms with Crippen LogP contribution in [0.2, 0.25) is 0 Å². The molecule has 20 heavy (non-hydrogen) atoms. The summed E-state index contributed by atoms with van der Waals surface area (Å²) in [5.41, 5.74) is 0.818. The van der Waals surface area contributed by atoms with E-state index in [2.05, 4.69) is 10.6 Å². The van der Waals surface area contributed by atoms with Gasteiger partial charge < -0.3 is 15.1 Å². The predicted octanol–water partition coefficient (Wildman–Crippen LogP) is 2.26. The second kappa shape index (κ2) is 5.83. The molecule has 2 rings (SSSR count). The number of hydrogen-bond acceptors (Lipinski definition) is 4. The average molecular weight is 290 g/mol. The Labute approximate surface area is 121 Å². The molecular formula is C14H14N2O3S. The van der Waals surface area contributed by atoms with Crippen molar-refractivity contribution >= 4 is 39.9 Å². The van der Waals surface area contributed by atoms with Crippen LogP contribution in [-0.4, -0.2) is 11.0 Å². The Bertz CT molecular complexity index is 722. The first-order chi connectivity index (χ1) is 9.45. The van der Waals surface area contributed by atoms with Gasteiger partial charge in [0.2, 0.25) is 5.91 Å². The number of carbonyl (C=O) groups is 1. The second-order valence-corrected chi connectivity index (χ2v) is 5.01. The Morgan fingerprint density at radius 2 is 2.00 bits per heavy atom. The minimum Gasteiger partial charge on any atom is -0.423 e. The van der Waals surface area contributed by atoms with E-state index in [4.69, 9.17) is 16.6 Å². The van der Waals surface area contributed by atoms with Gasteiger partial charge in [0, 0.05) is 23.1 Å². The van der Waals surface area contributed by atoms with E-state index in [1.54, 1.807) is 38.1 Å². The molecule has 0 unspecified atom stereocenters. The van der Waals surface area contributed by atoms with Crippen LogP contribution in [0.1, 0.15) is 13.8 Å². The van der Waals surface area contributed by atoms with E-state index in [0.717, 1.165) is 5.39 Å². The van der Waals surface area contributed by atoms with Crippen molar-refractivity contribution in [2.24, 2.45) is 5.92 Å². The highest BCUT2D eigenvalue weighted by Gasteiger charge is 2.09. The number of fused-ring (bicyclic) bond motifs is 1. The largest absolute Gasteiger partial charge is 0.423 e. The summed E-state index contributed by atoms with van der Waals surface area (Å²) in [7, 11) is 0. The SMILES string of the molecule is CC(C)C(=O)NC(=S)Nc1ccc2oc(=O)ccc2c1. The van der Waals surface area contributed by atoms with E-state index in [0.29, 0.717) is 11.3 Å². The molecule has 0 aliphatic heterocycles. The molecule has 0 aliphatic carbocycles. The van der Waals surface area contributed by atoms with Gasteiger partial charge in [-0.05, 0) is 36.5 Å². The number of benzene rings is 1. The molecule has 1 aromatic carbocycles. The van der Waals surface area contributed by atoms with Crippen molar-refractivity contribution in [1.29, 1.82) is 0 Å². The molecule has 0 aliphatic rings. The summed E-state index contributed by atoms with van der Waals surface area (Å²) in [6.07, 6.45) is 0. The molecule has 6 heteroatoms. The molecule has 0 saturated carbocycles. The van der Waals surface area contributed by atoms with Crippen molar-refractivity contribution in [2.75, 3.05) is 5.32 Å². The number of thiocarbonyl (C=S) groups is 1. The predicted molar refractivity (Wildman–Crippen MR) is 81.7 cm³/mol. The first kappa shape index (κ1) is 14.2. The third-order valence-electron chi connectivity index (χ3n) is 2.64. The summed E-state index contributed by atoms with van der Waals surface area (Å²) in [6.45, 7) is 3.58. The monoisotopic (exact) mass is 290 g/mol. The van der Waals surface area contributed by atoms with Gasteiger partial charge in [0.1, 0.15) is 5.58 Å². The van der Waals surface area contributed by atoms with Crippen LogP contribution in [0.4, 0.5) is 5.69 Å². The molecule has 1 aromatic heterocycles. The van der Waals surface area contributed by atoms with Crippen LogP contribution in [0.15, 0.2) is 39.5 Å². The molecular weight excluding hydrogens is 276 g/mol.